The largest absolute Gasteiger partial charge is 0.418 e. The van der Waals surface area contributed by atoms with Crippen molar-refractivity contribution < 1.29 is 13.2 Å². The Kier molecular flexibility index (Phi) is 5.27. The Morgan fingerprint density at radius 1 is 0.966 bits per heavy atom. The van der Waals surface area contributed by atoms with E-state index in [4.69, 9.17) is 16.0 Å². The maximum Gasteiger partial charge on any atom is 0.249 e. The molecule has 4 nitrogen and oxygen atoms in total. The summed E-state index contributed by atoms with van der Waals surface area (Å²) < 4.78 is 33.3. The second-order valence-electron chi connectivity index (χ2n) is 6.52. The van der Waals surface area contributed by atoms with Gasteiger partial charge in [0.2, 0.25) is 11.8 Å². The molecule has 3 aromatic carbocycles. The summed E-state index contributed by atoms with van der Waals surface area (Å²) in [6.07, 6.45) is 0. The third-order valence-corrected chi connectivity index (χ3v) is 4.81. The predicted molar refractivity (Wildman–Crippen MR) is 108 cm³/mol. The van der Waals surface area contributed by atoms with Gasteiger partial charge in [0.15, 0.2) is 0 Å². The van der Waals surface area contributed by atoms with Gasteiger partial charge in [-0.1, -0.05) is 41.9 Å². The van der Waals surface area contributed by atoms with Crippen LogP contribution >= 0.6 is 11.6 Å². The maximum atomic E-state index is 14.0. The van der Waals surface area contributed by atoms with Crippen molar-refractivity contribution in [2.24, 2.45) is 0 Å². The molecule has 0 unspecified atom stereocenters. The molecule has 146 valence electrons. The molecule has 1 atom stereocenters. The Morgan fingerprint density at radius 2 is 1.72 bits per heavy atom. The second kappa shape index (κ2) is 8.01. The molecule has 0 saturated heterocycles. The van der Waals surface area contributed by atoms with Crippen molar-refractivity contribution in [1.29, 1.82) is 0 Å². The molecule has 0 aliphatic heterocycles. The van der Waals surface area contributed by atoms with Crippen molar-refractivity contribution in [2.75, 3.05) is 5.32 Å². The highest BCUT2D eigenvalue weighted by Crippen LogP contribution is 2.31. The minimum atomic E-state index is -0.610. The monoisotopic (exact) mass is 411 g/mol. The number of nitrogens with zero attached hydrogens (tertiary/aromatic N) is 2. The van der Waals surface area contributed by atoms with Gasteiger partial charge in [-0.3, -0.25) is 0 Å². The molecule has 0 spiro atoms. The molecule has 4 rings (SSSR count). The van der Waals surface area contributed by atoms with Crippen molar-refractivity contribution in [3.8, 4) is 11.5 Å². The Morgan fingerprint density at radius 3 is 2.45 bits per heavy atom. The van der Waals surface area contributed by atoms with Gasteiger partial charge in [0.25, 0.3) is 0 Å². The first-order valence-electron chi connectivity index (χ1n) is 8.88. The molecule has 0 saturated carbocycles. The van der Waals surface area contributed by atoms with Gasteiger partial charge in [0, 0.05) is 5.69 Å². The van der Waals surface area contributed by atoms with E-state index in [0.717, 1.165) is 0 Å². The van der Waals surface area contributed by atoms with Gasteiger partial charge >= 0.3 is 0 Å². The van der Waals surface area contributed by atoms with E-state index in [-0.39, 0.29) is 23.4 Å². The van der Waals surface area contributed by atoms with Crippen LogP contribution in [-0.2, 0) is 0 Å². The van der Waals surface area contributed by atoms with Gasteiger partial charge in [-0.25, -0.2) is 8.78 Å². The van der Waals surface area contributed by atoms with Gasteiger partial charge in [0.05, 0.1) is 10.6 Å². The van der Waals surface area contributed by atoms with Crippen LogP contribution < -0.4 is 5.32 Å². The fraction of sp³-hybridized carbons (Fsp3) is 0.0909. The number of rotatable bonds is 5. The van der Waals surface area contributed by atoms with Crippen LogP contribution in [-0.4, -0.2) is 10.2 Å². The lowest BCUT2D eigenvalue weighted by atomic mass is 10.1. The molecule has 0 bridgehead atoms. The van der Waals surface area contributed by atoms with Crippen molar-refractivity contribution in [2.45, 2.75) is 13.0 Å². The van der Waals surface area contributed by atoms with Crippen molar-refractivity contribution in [3.05, 3.63) is 100 Å². The van der Waals surface area contributed by atoms with Crippen LogP contribution in [0.1, 0.15) is 23.1 Å². The highest BCUT2D eigenvalue weighted by Gasteiger charge is 2.22. The van der Waals surface area contributed by atoms with E-state index in [0.29, 0.717) is 27.4 Å². The molecule has 29 heavy (non-hydrogen) atoms. The van der Waals surface area contributed by atoms with Crippen LogP contribution in [0, 0.1) is 18.6 Å². The van der Waals surface area contributed by atoms with Gasteiger partial charge in [0.1, 0.15) is 17.7 Å². The number of halogens is 3. The summed E-state index contributed by atoms with van der Waals surface area (Å²) in [5.74, 6) is -0.201. The topological polar surface area (TPSA) is 51.0 Å². The lowest BCUT2D eigenvalue weighted by Crippen LogP contribution is -2.13. The number of hydrogen-bond donors (Lipinski definition) is 1. The molecule has 1 aromatic heterocycles. The third-order valence-electron chi connectivity index (χ3n) is 4.48. The first-order valence-corrected chi connectivity index (χ1v) is 9.25. The van der Waals surface area contributed by atoms with E-state index in [1.54, 1.807) is 49.4 Å². The number of hydrogen-bond acceptors (Lipinski definition) is 4. The average Bonchev–Trinajstić information content (AvgIpc) is 3.19. The maximum absolute atomic E-state index is 14.0. The first kappa shape index (κ1) is 19.1. The highest BCUT2D eigenvalue weighted by molar-refractivity contribution is 6.33. The van der Waals surface area contributed by atoms with E-state index < -0.39 is 6.04 Å². The molecule has 7 heteroatoms. The predicted octanol–water partition coefficient (Wildman–Crippen LogP) is 6.18. The highest BCUT2D eigenvalue weighted by atomic mass is 35.5. The second-order valence-corrected chi connectivity index (χ2v) is 6.93. The normalized spacial score (nSPS) is 12.0. The average molecular weight is 412 g/mol. The summed E-state index contributed by atoms with van der Waals surface area (Å²) in [7, 11) is 0. The number of aromatic nitrogens is 2. The standard InChI is InChI=1S/C22H16ClF2N3O/c1-13-6-11-16(12-19(13)25)26-20(14-7-9-15(24)10-8-14)22-28-27-21(29-22)17-4-2-3-5-18(17)23/h2-12,20,26H,1H3/t20-/m1/s1. The Labute approximate surface area is 171 Å². The lowest BCUT2D eigenvalue weighted by Gasteiger charge is -2.17. The van der Waals surface area contributed by atoms with Gasteiger partial charge < -0.3 is 9.73 Å². The zero-order valence-corrected chi connectivity index (χ0v) is 16.1. The first-order chi connectivity index (χ1) is 14.0. The minimum Gasteiger partial charge on any atom is -0.418 e. The van der Waals surface area contributed by atoms with Crippen LogP contribution in [0.3, 0.4) is 0 Å². The van der Waals surface area contributed by atoms with Crippen LogP contribution in [0.25, 0.3) is 11.5 Å². The molecular weight excluding hydrogens is 396 g/mol. The Balaban J connectivity index is 1.73. The van der Waals surface area contributed by atoms with E-state index in [2.05, 4.69) is 15.5 Å². The zero-order valence-electron chi connectivity index (χ0n) is 15.4. The minimum absolute atomic E-state index is 0.243. The number of aryl methyl sites for hydroxylation is 1. The fourth-order valence-corrected chi connectivity index (χ4v) is 3.10. The summed E-state index contributed by atoms with van der Waals surface area (Å²) in [4.78, 5) is 0. The number of benzene rings is 3. The molecule has 0 amide bonds. The SMILES string of the molecule is Cc1ccc(N[C@H](c2ccc(F)cc2)c2nnc(-c3ccccc3Cl)o2)cc1F. The number of anilines is 1. The third kappa shape index (κ3) is 4.12. The van der Waals surface area contributed by atoms with Crippen molar-refractivity contribution in [3.63, 3.8) is 0 Å². The van der Waals surface area contributed by atoms with Gasteiger partial charge in [-0.05, 0) is 54.4 Å². The fourth-order valence-electron chi connectivity index (χ4n) is 2.89. The van der Waals surface area contributed by atoms with E-state index in [1.807, 2.05) is 6.07 Å². The summed E-state index contributed by atoms with van der Waals surface area (Å²) in [5, 5.41) is 11.9. The van der Waals surface area contributed by atoms with Crippen LogP contribution in [0.4, 0.5) is 14.5 Å². The van der Waals surface area contributed by atoms with Crippen LogP contribution in [0.5, 0.6) is 0 Å². The Hall–Kier alpha value is -3.25. The Bertz CT molecular complexity index is 1150. The van der Waals surface area contributed by atoms with E-state index >= 15 is 0 Å². The summed E-state index contributed by atoms with van der Waals surface area (Å²) in [6, 6.07) is 17.2. The van der Waals surface area contributed by atoms with Gasteiger partial charge in [-0.15, -0.1) is 10.2 Å². The smallest absolute Gasteiger partial charge is 0.249 e. The van der Waals surface area contributed by atoms with Crippen LogP contribution in [0.15, 0.2) is 71.1 Å². The van der Waals surface area contributed by atoms with Crippen molar-refractivity contribution in [1.82, 2.24) is 10.2 Å². The molecule has 0 fully saturated rings. The van der Waals surface area contributed by atoms with Gasteiger partial charge in [-0.2, -0.15) is 0 Å². The zero-order chi connectivity index (χ0) is 20.4. The molecule has 1 N–H and O–H groups in total. The number of nitrogens with one attached hydrogen (secondary N) is 1. The molecular formula is C22H16ClF2N3O. The summed E-state index contributed by atoms with van der Waals surface area (Å²) >= 11 is 6.22. The molecule has 1 heterocycles. The van der Waals surface area contributed by atoms with E-state index in [9.17, 15) is 8.78 Å². The quantitative estimate of drug-likeness (QED) is 0.426. The summed E-state index contributed by atoms with van der Waals surface area (Å²) in [5.41, 5.74) is 2.35. The summed E-state index contributed by atoms with van der Waals surface area (Å²) in [6.45, 7) is 1.68. The lowest BCUT2D eigenvalue weighted by molar-refractivity contribution is 0.493. The molecule has 0 aliphatic rings. The van der Waals surface area contributed by atoms with Crippen LogP contribution in [0.2, 0.25) is 5.02 Å². The van der Waals surface area contributed by atoms with E-state index in [1.165, 1.54) is 18.2 Å². The molecule has 0 radical (unpaired) electrons. The van der Waals surface area contributed by atoms with Crippen molar-refractivity contribution >= 4 is 17.3 Å². The molecule has 0 aliphatic carbocycles. The molecule has 4 aromatic rings.